The molecule has 0 bridgehead atoms. The molecule has 0 aromatic heterocycles. The topological polar surface area (TPSA) is 60.4 Å². The van der Waals surface area contributed by atoms with E-state index in [1.165, 1.54) is 21.1 Å². The standard InChI is InChI=1S/C14H15F17N2O3S/c1-33(2,3)6-4-5-32(37(34,35)36)14(30,31)12(25,26)10(21,22)8(17,18)7(15,16)9(19,20)11(23,24)13(27,28)29/h4-6H2,1-3H3. The lowest BCUT2D eigenvalue weighted by molar-refractivity contribution is -0.870. The number of halogens is 17. The van der Waals surface area contributed by atoms with Gasteiger partial charge in [0, 0.05) is 13.0 Å². The van der Waals surface area contributed by atoms with Crippen LogP contribution in [0.1, 0.15) is 6.42 Å². The Bertz CT molecular complexity index is 925. The van der Waals surface area contributed by atoms with E-state index in [1.54, 1.807) is 0 Å². The molecule has 0 rings (SSSR count). The van der Waals surface area contributed by atoms with Crippen LogP contribution in [0.25, 0.3) is 0 Å². The molecule has 0 heterocycles. The highest BCUT2D eigenvalue weighted by Crippen LogP contribution is 2.64. The van der Waals surface area contributed by atoms with Gasteiger partial charge in [0.05, 0.1) is 27.7 Å². The summed E-state index contributed by atoms with van der Waals surface area (Å²) in [5.74, 6) is -51.7. The van der Waals surface area contributed by atoms with Crippen LogP contribution in [0.4, 0.5) is 74.6 Å². The molecule has 0 spiro atoms. The highest BCUT2D eigenvalue weighted by Gasteiger charge is 2.95. The zero-order valence-electron chi connectivity index (χ0n) is 18.1. The maximum absolute atomic E-state index is 14.1. The van der Waals surface area contributed by atoms with Gasteiger partial charge in [-0.1, -0.05) is 0 Å². The molecular formula is C14H15F17N2O3S. The van der Waals surface area contributed by atoms with Gasteiger partial charge in [0.25, 0.3) is 0 Å². The lowest BCUT2D eigenvalue weighted by Gasteiger charge is -2.44. The van der Waals surface area contributed by atoms with Crippen LogP contribution in [0.15, 0.2) is 0 Å². The van der Waals surface area contributed by atoms with Crippen LogP contribution in [-0.4, -0.2) is 104 Å². The second-order valence-corrected chi connectivity index (χ2v) is 9.68. The van der Waals surface area contributed by atoms with E-state index in [-0.39, 0.29) is 4.48 Å². The van der Waals surface area contributed by atoms with Crippen molar-refractivity contribution in [1.82, 2.24) is 4.31 Å². The van der Waals surface area contributed by atoms with Gasteiger partial charge in [0.15, 0.2) is 10.3 Å². The molecule has 0 fully saturated rings. The molecule has 0 aromatic carbocycles. The summed E-state index contributed by atoms with van der Waals surface area (Å²) in [4.78, 5) is 0. The number of hydrogen-bond acceptors (Lipinski definition) is 3. The smallest absolute Gasteiger partial charge is 0.460 e. The third-order valence-corrected chi connectivity index (χ3v) is 5.43. The minimum absolute atomic E-state index is 0.322. The fourth-order valence-corrected chi connectivity index (χ4v) is 3.14. The first kappa shape index (κ1) is 35.6. The first-order chi connectivity index (χ1) is 15.6. The lowest BCUT2D eigenvalue weighted by Crippen LogP contribution is -2.76. The molecule has 23 heteroatoms. The summed E-state index contributed by atoms with van der Waals surface area (Å²) in [5.41, 5.74) is 0. The monoisotopic (exact) mass is 614 g/mol. The number of hydrogen-bond donors (Lipinski definition) is 0. The van der Waals surface area contributed by atoms with Gasteiger partial charge in [-0.05, 0) is 0 Å². The number of nitrogens with zero attached hydrogens (tertiary/aromatic N) is 2. The fraction of sp³-hybridized carbons (Fsp3) is 1.00. The van der Waals surface area contributed by atoms with Gasteiger partial charge < -0.3 is 9.04 Å². The Morgan fingerprint density at radius 1 is 0.595 bits per heavy atom. The van der Waals surface area contributed by atoms with Crippen LogP contribution in [0.5, 0.6) is 0 Å². The van der Waals surface area contributed by atoms with Crippen LogP contribution < -0.4 is 0 Å². The zero-order valence-corrected chi connectivity index (χ0v) is 18.9. The molecule has 0 aromatic rings. The van der Waals surface area contributed by atoms with Crippen molar-refractivity contribution in [3.8, 4) is 0 Å². The predicted octanol–water partition coefficient (Wildman–Crippen LogP) is 4.81. The van der Waals surface area contributed by atoms with E-state index in [4.69, 9.17) is 0 Å². The fourth-order valence-electron chi connectivity index (χ4n) is 2.39. The maximum Gasteiger partial charge on any atom is 0.460 e. The summed E-state index contributed by atoms with van der Waals surface area (Å²) in [6.07, 6.45) is -9.00. The Morgan fingerprint density at radius 3 is 1.16 bits per heavy atom. The summed E-state index contributed by atoms with van der Waals surface area (Å²) < 4.78 is 256. The molecule has 37 heavy (non-hydrogen) atoms. The van der Waals surface area contributed by atoms with Gasteiger partial charge in [-0.2, -0.15) is 74.6 Å². The molecule has 0 saturated heterocycles. The number of quaternary nitrogens is 1. The van der Waals surface area contributed by atoms with Crippen molar-refractivity contribution >= 4 is 10.3 Å². The molecule has 0 unspecified atom stereocenters. The van der Waals surface area contributed by atoms with Gasteiger partial charge in [-0.3, -0.25) is 0 Å². The molecule has 5 nitrogen and oxygen atoms in total. The number of rotatable bonds is 12. The average Bonchev–Trinajstić information content (AvgIpc) is 2.61. The Labute approximate surface area is 196 Å². The molecule has 224 valence electrons. The van der Waals surface area contributed by atoms with Crippen molar-refractivity contribution in [1.29, 1.82) is 0 Å². The first-order valence-electron chi connectivity index (χ1n) is 8.84. The molecule has 0 aliphatic rings. The zero-order chi connectivity index (χ0) is 30.7. The lowest BCUT2D eigenvalue weighted by atomic mass is 9.90. The minimum Gasteiger partial charge on any atom is -0.735 e. The molecule has 0 radical (unpaired) electrons. The molecule has 0 aliphatic heterocycles. The summed E-state index contributed by atoms with van der Waals surface area (Å²) in [5, 5.41) is 0. The van der Waals surface area contributed by atoms with Crippen molar-refractivity contribution in [2.45, 2.75) is 54.2 Å². The first-order valence-corrected chi connectivity index (χ1v) is 10.2. The van der Waals surface area contributed by atoms with E-state index in [2.05, 4.69) is 0 Å². The molecule has 0 aliphatic carbocycles. The van der Waals surface area contributed by atoms with E-state index >= 15 is 0 Å². The summed E-state index contributed by atoms with van der Waals surface area (Å²) in [6, 6.07) is -7.46. The Morgan fingerprint density at radius 2 is 0.892 bits per heavy atom. The van der Waals surface area contributed by atoms with Crippen molar-refractivity contribution in [3.05, 3.63) is 0 Å². The molecule has 0 atom stereocenters. The van der Waals surface area contributed by atoms with E-state index in [0.717, 1.165) is 0 Å². The third kappa shape index (κ3) is 5.68. The third-order valence-electron chi connectivity index (χ3n) is 4.48. The average molecular weight is 614 g/mol. The van der Waals surface area contributed by atoms with Crippen LogP contribution in [-0.2, 0) is 10.3 Å². The largest absolute Gasteiger partial charge is 0.735 e. The van der Waals surface area contributed by atoms with Gasteiger partial charge in [0.2, 0.25) is 0 Å². The second kappa shape index (κ2) is 9.38. The maximum atomic E-state index is 14.1. The van der Waals surface area contributed by atoms with E-state index in [1.807, 2.05) is 0 Å². The quantitative estimate of drug-likeness (QED) is 0.137. The molecule has 0 N–H and O–H groups in total. The highest BCUT2D eigenvalue weighted by molar-refractivity contribution is 7.83. The summed E-state index contributed by atoms with van der Waals surface area (Å²) in [7, 11) is -3.37. The van der Waals surface area contributed by atoms with Crippen LogP contribution >= 0.6 is 0 Å². The molecular weight excluding hydrogens is 599 g/mol. The number of alkyl halides is 17. The van der Waals surface area contributed by atoms with E-state index < -0.39 is 81.9 Å². The SMILES string of the molecule is C[N+](C)(C)CCCN(C(F)(F)C(F)(F)C(F)(F)C(F)(F)C(F)(F)C(F)(F)C(F)(F)C(F)(F)F)S(=O)(=O)[O-]. The predicted molar refractivity (Wildman–Crippen MR) is 84.6 cm³/mol. The van der Waals surface area contributed by atoms with E-state index in [9.17, 15) is 87.6 Å². The van der Waals surface area contributed by atoms with Crippen molar-refractivity contribution in [2.24, 2.45) is 0 Å². The highest BCUT2D eigenvalue weighted by atomic mass is 32.2. The minimum atomic E-state index is -8.87. The van der Waals surface area contributed by atoms with Crippen LogP contribution in [0.2, 0.25) is 0 Å². The summed E-state index contributed by atoms with van der Waals surface area (Å²) in [6.45, 7) is -2.72. The van der Waals surface area contributed by atoms with Crippen molar-refractivity contribution < 1.29 is 92.1 Å². The summed E-state index contributed by atoms with van der Waals surface area (Å²) >= 11 is 0. The second-order valence-electron chi connectivity index (χ2n) is 8.38. The Balaban J connectivity index is 6.91. The molecule has 0 saturated carbocycles. The van der Waals surface area contributed by atoms with Gasteiger partial charge >= 0.3 is 47.8 Å². The van der Waals surface area contributed by atoms with Gasteiger partial charge in [-0.25, -0.2) is 8.42 Å². The van der Waals surface area contributed by atoms with E-state index in [0.29, 0.717) is 0 Å². The van der Waals surface area contributed by atoms with Gasteiger partial charge in [-0.15, -0.1) is 4.31 Å². The Hall–Kier alpha value is -1.36. The Kier molecular flexibility index (Phi) is 9.04. The normalized spacial score (nSPS) is 16.5. The van der Waals surface area contributed by atoms with Crippen LogP contribution in [0.3, 0.4) is 0 Å². The van der Waals surface area contributed by atoms with Gasteiger partial charge in [0.1, 0.15) is 0 Å². The molecule has 0 amide bonds. The van der Waals surface area contributed by atoms with Crippen molar-refractivity contribution in [3.63, 3.8) is 0 Å². The van der Waals surface area contributed by atoms with Crippen molar-refractivity contribution in [2.75, 3.05) is 34.2 Å². The van der Waals surface area contributed by atoms with Crippen LogP contribution in [0, 0.1) is 0 Å².